The summed E-state index contributed by atoms with van der Waals surface area (Å²) in [5.41, 5.74) is 3.17. The van der Waals surface area contributed by atoms with E-state index in [2.05, 4.69) is 43.1 Å². The molecule has 1 saturated heterocycles. The maximum Gasteiger partial charge on any atom is 0.416 e. The molecule has 39 heavy (non-hydrogen) atoms. The predicted octanol–water partition coefficient (Wildman–Crippen LogP) is 6.39. The van der Waals surface area contributed by atoms with Gasteiger partial charge in [-0.25, -0.2) is 0 Å². The molecule has 0 bridgehead atoms. The first-order chi connectivity index (χ1) is 18.6. The normalized spacial score (nSPS) is 18.3. The van der Waals surface area contributed by atoms with E-state index in [1.807, 2.05) is 0 Å². The van der Waals surface area contributed by atoms with Gasteiger partial charge in [0.05, 0.1) is 5.56 Å². The third kappa shape index (κ3) is 7.54. The van der Waals surface area contributed by atoms with Gasteiger partial charge in [0.25, 0.3) is 5.91 Å². The zero-order valence-electron chi connectivity index (χ0n) is 23.4. The number of halogens is 3. The van der Waals surface area contributed by atoms with Crippen LogP contribution >= 0.6 is 0 Å². The second-order valence-corrected chi connectivity index (χ2v) is 11.0. The Hall–Kier alpha value is -2.58. The van der Waals surface area contributed by atoms with E-state index in [0.717, 1.165) is 42.5 Å². The summed E-state index contributed by atoms with van der Waals surface area (Å²) in [5.74, 6) is 1.51. The number of hydrogen-bond donors (Lipinski definition) is 1. The quantitative estimate of drug-likeness (QED) is 0.371. The fraction of sp³-hybridized carbons (Fsp3) is 0.581. The van der Waals surface area contributed by atoms with Gasteiger partial charge >= 0.3 is 6.18 Å². The van der Waals surface area contributed by atoms with Gasteiger partial charge in [0, 0.05) is 44.3 Å². The standard InChI is InChI=1S/C31H42F3N3O2/c1-22-23(2)29(39-20-15-35-21-25-7-5-4-6-8-25)14-13-28(22)24(3)36-16-18-37(19-17-36)30(38)26-9-11-27(12-10-26)31(32,33)34/h9-14,24-25,35H,4-8,15-21H2,1-3H3. The second-order valence-electron chi connectivity index (χ2n) is 11.0. The number of benzene rings is 2. The van der Waals surface area contributed by atoms with Crippen molar-refractivity contribution in [2.24, 2.45) is 5.92 Å². The van der Waals surface area contributed by atoms with Gasteiger partial charge < -0.3 is 15.0 Å². The van der Waals surface area contributed by atoms with Crippen LogP contribution in [-0.2, 0) is 6.18 Å². The maximum absolute atomic E-state index is 12.9. The monoisotopic (exact) mass is 545 g/mol. The molecule has 8 heteroatoms. The minimum absolute atomic E-state index is 0.179. The van der Waals surface area contributed by atoms with E-state index in [4.69, 9.17) is 4.74 Å². The lowest BCUT2D eigenvalue weighted by atomic mass is 9.89. The number of nitrogens with zero attached hydrogens (tertiary/aromatic N) is 2. The van der Waals surface area contributed by atoms with Crippen LogP contribution in [0.3, 0.4) is 0 Å². The number of nitrogens with one attached hydrogen (secondary N) is 1. The Bertz CT molecular complexity index is 1090. The van der Waals surface area contributed by atoms with Gasteiger partial charge in [-0.3, -0.25) is 9.69 Å². The van der Waals surface area contributed by atoms with E-state index in [-0.39, 0.29) is 17.5 Å². The van der Waals surface area contributed by atoms with E-state index < -0.39 is 11.7 Å². The van der Waals surface area contributed by atoms with Crippen molar-refractivity contribution in [1.82, 2.24) is 15.1 Å². The van der Waals surface area contributed by atoms with Crippen LogP contribution in [0.1, 0.15) is 77.7 Å². The van der Waals surface area contributed by atoms with Crippen LogP contribution in [0.25, 0.3) is 0 Å². The largest absolute Gasteiger partial charge is 0.492 e. The highest BCUT2D eigenvalue weighted by Crippen LogP contribution is 2.32. The highest BCUT2D eigenvalue weighted by molar-refractivity contribution is 5.94. The lowest BCUT2D eigenvalue weighted by Crippen LogP contribution is -2.49. The van der Waals surface area contributed by atoms with Crippen molar-refractivity contribution in [1.29, 1.82) is 0 Å². The molecule has 1 saturated carbocycles. The molecule has 1 aliphatic heterocycles. The van der Waals surface area contributed by atoms with Crippen molar-refractivity contribution >= 4 is 5.91 Å². The third-order valence-corrected chi connectivity index (χ3v) is 8.53. The van der Waals surface area contributed by atoms with E-state index >= 15 is 0 Å². The van der Waals surface area contributed by atoms with Crippen LogP contribution in [0.2, 0.25) is 0 Å². The van der Waals surface area contributed by atoms with E-state index in [1.54, 1.807) is 4.90 Å². The third-order valence-electron chi connectivity index (χ3n) is 8.53. The van der Waals surface area contributed by atoms with Crippen molar-refractivity contribution in [2.45, 2.75) is 65.1 Å². The van der Waals surface area contributed by atoms with Gasteiger partial charge in [-0.05, 0) is 93.1 Å². The number of alkyl halides is 3. The van der Waals surface area contributed by atoms with Crippen LogP contribution in [-0.4, -0.2) is 61.6 Å². The Kier molecular flexibility index (Phi) is 9.94. The summed E-state index contributed by atoms with van der Waals surface area (Å²) in [6, 6.07) is 8.87. The highest BCUT2D eigenvalue weighted by Gasteiger charge is 2.31. The number of carbonyl (C=O) groups is 1. The summed E-state index contributed by atoms with van der Waals surface area (Å²) in [4.78, 5) is 16.9. The Morgan fingerprint density at radius 2 is 1.64 bits per heavy atom. The molecule has 2 aromatic carbocycles. The smallest absolute Gasteiger partial charge is 0.416 e. The van der Waals surface area contributed by atoms with Crippen molar-refractivity contribution in [3.63, 3.8) is 0 Å². The van der Waals surface area contributed by atoms with E-state index in [0.29, 0.717) is 32.8 Å². The Morgan fingerprint density at radius 3 is 2.28 bits per heavy atom. The fourth-order valence-electron chi connectivity index (χ4n) is 5.85. The molecule has 214 valence electrons. The molecule has 1 amide bonds. The summed E-state index contributed by atoms with van der Waals surface area (Å²) >= 11 is 0. The van der Waals surface area contributed by atoms with Crippen LogP contribution in [0.4, 0.5) is 13.2 Å². The van der Waals surface area contributed by atoms with Gasteiger partial charge in [-0.15, -0.1) is 0 Å². The van der Waals surface area contributed by atoms with Gasteiger partial charge in [0.15, 0.2) is 0 Å². The van der Waals surface area contributed by atoms with E-state index in [1.165, 1.54) is 55.4 Å². The highest BCUT2D eigenvalue weighted by atomic mass is 19.4. The molecule has 1 N–H and O–H groups in total. The topological polar surface area (TPSA) is 44.8 Å². The zero-order valence-corrected chi connectivity index (χ0v) is 23.4. The van der Waals surface area contributed by atoms with Crippen LogP contribution in [0.15, 0.2) is 36.4 Å². The first-order valence-electron chi connectivity index (χ1n) is 14.3. The molecule has 2 aliphatic rings. The lowest BCUT2D eigenvalue weighted by molar-refractivity contribution is -0.137. The molecule has 5 nitrogen and oxygen atoms in total. The second kappa shape index (κ2) is 13.2. The number of rotatable bonds is 9. The summed E-state index contributed by atoms with van der Waals surface area (Å²) in [6.45, 7) is 11.5. The van der Waals surface area contributed by atoms with Crippen LogP contribution in [0.5, 0.6) is 5.75 Å². The Balaban J connectivity index is 1.26. The average molecular weight is 546 g/mol. The molecule has 1 aliphatic carbocycles. The maximum atomic E-state index is 12.9. The molecule has 0 aromatic heterocycles. The molecule has 1 heterocycles. The molecule has 0 radical (unpaired) electrons. The zero-order chi connectivity index (χ0) is 28.0. The van der Waals surface area contributed by atoms with Gasteiger partial charge in [0.1, 0.15) is 12.4 Å². The molecule has 0 spiro atoms. The first-order valence-corrected chi connectivity index (χ1v) is 14.3. The molecule has 1 unspecified atom stereocenters. The molecule has 2 fully saturated rings. The molecular weight excluding hydrogens is 503 g/mol. The first kappa shape index (κ1) is 29.4. The number of amides is 1. The molecule has 1 atom stereocenters. The lowest BCUT2D eigenvalue weighted by Gasteiger charge is -2.39. The molecule has 4 rings (SSSR count). The van der Waals surface area contributed by atoms with Crippen molar-refractivity contribution in [3.05, 3.63) is 64.2 Å². The summed E-state index contributed by atoms with van der Waals surface area (Å²) in [5, 5.41) is 3.56. The Morgan fingerprint density at radius 1 is 0.974 bits per heavy atom. The SMILES string of the molecule is Cc1c(OCCNCC2CCCCC2)ccc(C(C)N2CCN(C(=O)c3ccc(C(F)(F)F)cc3)CC2)c1C. The number of hydrogen-bond acceptors (Lipinski definition) is 4. The minimum Gasteiger partial charge on any atom is -0.492 e. The van der Waals surface area contributed by atoms with Crippen molar-refractivity contribution in [2.75, 3.05) is 45.9 Å². The van der Waals surface area contributed by atoms with Crippen molar-refractivity contribution < 1.29 is 22.7 Å². The average Bonchev–Trinajstić information content (AvgIpc) is 2.94. The minimum atomic E-state index is -4.41. The summed E-state index contributed by atoms with van der Waals surface area (Å²) < 4.78 is 44.6. The number of carbonyl (C=O) groups excluding carboxylic acids is 1. The van der Waals surface area contributed by atoms with Crippen LogP contribution in [0, 0.1) is 19.8 Å². The van der Waals surface area contributed by atoms with Gasteiger partial charge in [-0.1, -0.05) is 25.3 Å². The molecular formula is C31H42F3N3O2. The fourth-order valence-corrected chi connectivity index (χ4v) is 5.85. The number of ether oxygens (including phenoxy) is 1. The number of piperazine rings is 1. The van der Waals surface area contributed by atoms with Gasteiger partial charge in [0.2, 0.25) is 0 Å². The van der Waals surface area contributed by atoms with Gasteiger partial charge in [-0.2, -0.15) is 13.2 Å². The summed E-state index contributed by atoms with van der Waals surface area (Å²) in [7, 11) is 0. The summed E-state index contributed by atoms with van der Waals surface area (Å²) in [6.07, 6.45) is 2.39. The predicted molar refractivity (Wildman–Crippen MR) is 148 cm³/mol. The molecule has 2 aromatic rings. The Labute approximate surface area is 230 Å². The van der Waals surface area contributed by atoms with E-state index in [9.17, 15) is 18.0 Å². The van der Waals surface area contributed by atoms with Crippen molar-refractivity contribution in [3.8, 4) is 5.75 Å². The van der Waals surface area contributed by atoms with Crippen LogP contribution < -0.4 is 10.1 Å².